The number of fused-ring (bicyclic) bond motifs is 1. The molecule has 0 fully saturated rings. The highest BCUT2D eigenvalue weighted by atomic mass is 19.1. The number of aromatic amines is 1. The molecule has 2 nitrogen and oxygen atoms in total. The second kappa shape index (κ2) is 4.76. The van der Waals surface area contributed by atoms with Crippen molar-refractivity contribution in [1.82, 2.24) is 4.98 Å². The summed E-state index contributed by atoms with van der Waals surface area (Å²) in [5, 5.41) is 0.864. The molecule has 0 unspecified atom stereocenters. The lowest BCUT2D eigenvalue weighted by atomic mass is 10.2. The number of rotatable bonds is 3. The quantitative estimate of drug-likeness (QED) is 0.745. The third-order valence-electron chi connectivity index (χ3n) is 3.14. The number of hydrogen-bond donors (Lipinski definition) is 1. The van der Waals surface area contributed by atoms with Crippen molar-refractivity contribution in [3.63, 3.8) is 0 Å². The highest BCUT2D eigenvalue weighted by Crippen LogP contribution is 2.21. The van der Waals surface area contributed by atoms with Crippen LogP contribution in [0.2, 0.25) is 0 Å². The van der Waals surface area contributed by atoms with Gasteiger partial charge in [0.25, 0.3) is 0 Å². The fourth-order valence-electron chi connectivity index (χ4n) is 2.13. The number of halogens is 1. The molecule has 0 aliphatic rings. The maximum atomic E-state index is 13.6. The van der Waals surface area contributed by atoms with E-state index >= 15 is 0 Å². The van der Waals surface area contributed by atoms with Crippen molar-refractivity contribution in [3.8, 4) is 5.75 Å². The molecule has 0 saturated carbocycles. The third kappa shape index (κ3) is 2.32. The van der Waals surface area contributed by atoms with E-state index in [0.717, 1.165) is 22.4 Å². The van der Waals surface area contributed by atoms with Crippen LogP contribution in [0.5, 0.6) is 5.75 Å². The van der Waals surface area contributed by atoms with E-state index < -0.39 is 0 Å². The van der Waals surface area contributed by atoms with E-state index in [9.17, 15) is 4.39 Å². The number of benzene rings is 2. The van der Waals surface area contributed by atoms with Gasteiger partial charge in [0.2, 0.25) is 0 Å². The van der Waals surface area contributed by atoms with Gasteiger partial charge in [-0.15, -0.1) is 0 Å². The molecule has 0 atom stereocenters. The van der Waals surface area contributed by atoms with Crippen LogP contribution < -0.4 is 4.74 Å². The van der Waals surface area contributed by atoms with Crippen molar-refractivity contribution in [3.05, 3.63) is 65.6 Å². The van der Waals surface area contributed by atoms with Crippen LogP contribution in [0.25, 0.3) is 10.9 Å². The first-order valence-corrected chi connectivity index (χ1v) is 6.18. The molecule has 0 radical (unpaired) electrons. The van der Waals surface area contributed by atoms with Gasteiger partial charge in [-0.2, -0.15) is 0 Å². The summed E-state index contributed by atoms with van der Waals surface area (Å²) in [5.41, 5.74) is 2.49. The van der Waals surface area contributed by atoms with Gasteiger partial charge in [0.05, 0.1) is 11.2 Å². The van der Waals surface area contributed by atoms with Gasteiger partial charge in [-0.1, -0.05) is 30.3 Å². The lowest BCUT2D eigenvalue weighted by Crippen LogP contribution is -1.96. The van der Waals surface area contributed by atoms with Crippen LogP contribution in [0.15, 0.2) is 48.5 Å². The van der Waals surface area contributed by atoms with Crippen LogP contribution >= 0.6 is 0 Å². The minimum atomic E-state index is -0.236. The Morgan fingerprint density at radius 3 is 2.74 bits per heavy atom. The summed E-state index contributed by atoms with van der Waals surface area (Å²) >= 11 is 0. The number of nitrogens with one attached hydrogen (secondary N) is 1. The Balaban J connectivity index is 1.83. The van der Waals surface area contributed by atoms with E-state index in [4.69, 9.17) is 4.74 Å². The number of para-hydroxylation sites is 2. The van der Waals surface area contributed by atoms with Gasteiger partial charge in [-0.05, 0) is 30.7 Å². The summed E-state index contributed by atoms with van der Waals surface area (Å²) in [7, 11) is 0. The van der Waals surface area contributed by atoms with E-state index in [-0.39, 0.29) is 5.82 Å². The maximum absolute atomic E-state index is 13.6. The molecule has 0 saturated heterocycles. The van der Waals surface area contributed by atoms with Crippen molar-refractivity contribution < 1.29 is 9.13 Å². The van der Waals surface area contributed by atoms with E-state index in [1.54, 1.807) is 6.07 Å². The van der Waals surface area contributed by atoms with Crippen molar-refractivity contribution in [2.75, 3.05) is 0 Å². The third-order valence-corrected chi connectivity index (χ3v) is 3.14. The Morgan fingerprint density at radius 2 is 1.95 bits per heavy atom. The largest absolute Gasteiger partial charge is 0.487 e. The van der Waals surface area contributed by atoms with Gasteiger partial charge < -0.3 is 9.72 Å². The molecule has 96 valence electrons. The zero-order valence-corrected chi connectivity index (χ0v) is 10.6. The Morgan fingerprint density at radius 1 is 1.11 bits per heavy atom. The van der Waals surface area contributed by atoms with E-state index in [0.29, 0.717) is 12.1 Å². The molecule has 0 aliphatic carbocycles. The minimum Gasteiger partial charge on any atom is -0.487 e. The van der Waals surface area contributed by atoms with Gasteiger partial charge in [-0.25, -0.2) is 4.39 Å². The fourth-order valence-corrected chi connectivity index (χ4v) is 2.13. The molecule has 3 aromatic rings. The summed E-state index contributed by atoms with van der Waals surface area (Å²) in [6.07, 6.45) is 0. The summed E-state index contributed by atoms with van der Waals surface area (Å²) < 4.78 is 19.3. The molecule has 0 amide bonds. The monoisotopic (exact) mass is 255 g/mol. The molecular formula is C16H14FNO. The van der Waals surface area contributed by atoms with Gasteiger partial charge in [-0.3, -0.25) is 0 Å². The molecule has 0 bridgehead atoms. The number of aryl methyl sites for hydroxylation is 1. The predicted octanol–water partition coefficient (Wildman–Crippen LogP) is 4.19. The van der Waals surface area contributed by atoms with Gasteiger partial charge in [0, 0.05) is 5.39 Å². The number of ether oxygens (including phenoxy) is 1. The average molecular weight is 255 g/mol. The fraction of sp³-hybridized carbons (Fsp3) is 0.125. The van der Waals surface area contributed by atoms with Crippen molar-refractivity contribution in [1.29, 1.82) is 0 Å². The Kier molecular flexibility index (Phi) is 2.95. The molecule has 0 aliphatic heterocycles. The van der Waals surface area contributed by atoms with Crippen molar-refractivity contribution >= 4 is 10.9 Å². The van der Waals surface area contributed by atoms with Gasteiger partial charge in [0.1, 0.15) is 18.2 Å². The molecule has 3 heteroatoms. The second-order valence-corrected chi connectivity index (χ2v) is 4.55. The maximum Gasteiger partial charge on any atom is 0.147 e. The van der Waals surface area contributed by atoms with E-state index in [1.807, 2.05) is 43.3 Å². The second-order valence-electron chi connectivity index (χ2n) is 4.55. The van der Waals surface area contributed by atoms with Crippen LogP contribution in [0.1, 0.15) is 11.3 Å². The average Bonchev–Trinajstić information content (AvgIpc) is 2.82. The number of H-pyrrole nitrogens is 1. The number of aromatic nitrogens is 1. The van der Waals surface area contributed by atoms with Crippen LogP contribution in [0.3, 0.4) is 0 Å². The Labute approximate surface area is 110 Å². The molecule has 0 spiro atoms. The first-order valence-electron chi connectivity index (χ1n) is 6.18. The van der Waals surface area contributed by atoms with E-state index in [2.05, 4.69) is 4.98 Å². The molecule has 1 heterocycles. The summed E-state index contributed by atoms with van der Waals surface area (Å²) in [4.78, 5) is 3.05. The molecular weight excluding hydrogens is 241 g/mol. The molecule has 19 heavy (non-hydrogen) atoms. The van der Waals surface area contributed by atoms with Crippen molar-refractivity contribution in [2.45, 2.75) is 13.5 Å². The van der Waals surface area contributed by atoms with Gasteiger partial charge in [0.15, 0.2) is 0 Å². The Bertz CT molecular complexity index is 718. The first-order chi connectivity index (χ1) is 9.24. The topological polar surface area (TPSA) is 25.0 Å². The summed E-state index contributed by atoms with van der Waals surface area (Å²) in [6, 6.07) is 14.8. The normalized spacial score (nSPS) is 10.8. The van der Waals surface area contributed by atoms with Crippen LogP contribution in [0.4, 0.5) is 4.39 Å². The lowest BCUT2D eigenvalue weighted by Gasteiger charge is -2.07. The molecule has 2 aromatic carbocycles. The van der Waals surface area contributed by atoms with Crippen molar-refractivity contribution in [2.24, 2.45) is 0 Å². The zero-order valence-electron chi connectivity index (χ0n) is 10.6. The predicted molar refractivity (Wildman–Crippen MR) is 73.8 cm³/mol. The van der Waals surface area contributed by atoms with Crippen LogP contribution in [-0.2, 0) is 6.61 Å². The number of hydrogen-bond acceptors (Lipinski definition) is 1. The smallest absolute Gasteiger partial charge is 0.147 e. The van der Waals surface area contributed by atoms with E-state index in [1.165, 1.54) is 6.07 Å². The molecule has 1 aromatic heterocycles. The highest BCUT2D eigenvalue weighted by molar-refractivity contribution is 5.80. The first kappa shape index (κ1) is 11.8. The lowest BCUT2D eigenvalue weighted by molar-refractivity contribution is 0.300. The zero-order chi connectivity index (χ0) is 13.2. The Hall–Kier alpha value is -2.29. The summed E-state index contributed by atoms with van der Waals surface area (Å²) in [6.45, 7) is 2.40. The molecule has 3 rings (SSSR count). The SMILES string of the molecule is Cc1ccccc1OCc1cc2cccc(F)c2[nH]1. The van der Waals surface area contributed by atoms with Gasteiger partial charge >= 0.3 is 0 Å². The standard InChI is InChI=1S/C16H14FNO/c1-11-5-2-3-8-15(11)19-10-13-9-12-6-4-7-14(17)16(12)18-13/h2-9,18H,10H2,1H3. The molecule has 1 N–H and O–H groups in total. The van der Waals surface area contributed by atoms with Crippen LogP contribution in [0, 0.1) is 12.7 Å². The minimum absolute atomic E-state index is 0.236. The summed E-state index contributed by atoms with van der Waals surface area (Å²) in [5.74, 6) is 0.612. The highest BCUT2D eigenvalue weighted by Gasteiger charge is 2.06. The van der Waals surface area contributed by atoms with Crippen LogP contribution in [-0.4, -0.2) is 4.98 Å².